The Morgan fingerprint density at radius 3 is 2.35 bits per heavy atom. The van der Waals surface area contributed by atoms with Gasteiger partial charge in [-0.15, -0.1) is 0 Å². The molecular formula is C15H23NO4. The van der Waals surface area contributed by atoms with Gasteiger partial charge < -0.3 is 19.2 Å². The van der Waals surface area contributed by atoms with Crippen LogP contribution in [0.1, 0.15) is 40.3 Å². The maximum absolute atomic E-state index is 12.5. The molecule has 1 aliphatic heterocycles. The van der Waals surface area contributed by atoms with Gasteiger partial charge >= 0.3 is 0 Å². The molecule has 20 heavy (non-hydrogen) atoms. The van der Waals surface area contributed by atoms with E-state index in [1.807, 2.05) is 13.8 Å². The molecule has 0 aromatic carbocycles. The van der Waals surface area contributed by atoms with E-state index in [1.54, 1.807) is 18.9 Å². The summed E-state index contributed by atoms with van der Waals surface area (Å²) < 4.78 is 10.8. The molecule has 0 aliphatic carbocycles. The van der Waals surface area contributed by atoms with Gasteiger partial charge in [-0.25, -0.2) is 0 Å². The van der Waals surface area contributed by atoms with Crippen molar-refractivity contribution in [2.45, 2.75) is 39.2 Å². The van der Waals surface area contributed by atoms with E-state index in [9.17, 15) is 9.90 Å². The SMILES string of the molecule is Cc1oc(C)c(C(=O)N(C)CC2(O)CCOCC2)c1C. The first-order valence-corrected chi connectivity index (χ1v) is 6.96. The highest BCUT2D eigenvalue weighted by Crippen LogP contribution is 2.25. The number of rotatable bonds is 3. The second kappa shape index (κ2) is 5.58. The largest absolute Gasteiger partial charge is 0.466 e. The molecule has 1 aromatic rings. The van der Waals surface area contributed by atoms with Crippen LogP contribution in [0.25, 0.3) is 0 Å². The summed E-state index contributed by atoms with van der Waals surface area (Å²) in [4.78, 5) is 14.1. The Balaban J connectivity index is 2.12. The van der Waals surface area contributed by atoms with Crippen molar-refractivity contribution < 1.29 is 19.1 Å². The fourth-order valence-electron chi connectivity index (χ4n) is 2.72. The van der Waals surface area contributed by atoms with Gasteiger partial charge in [0.2, 0.25) is 0 Å². The number of carbonyl (C=O) groups excluding carboxylic acids is 1. The van der Waals surface area contributed by atoms with Crippen molar-refractivity contribution in [3.8, 4) is 0 Å². The molecule has 1 aliphatic rings. The van der Waals surface area contributed by atoms with Gasteiger partial charge in [-0.2, -0.15) is 0 Å². The summed E-state index contributed by atoms with van der Waals surface area (Å²) >= 11 is 0. The maximum atomic E-state index is 12.5. The average Bonchev–Trinajstić information content (AvgIpc) is 2.63. The van der Waals surface area contributed by atoms with E-state index in [2.05, 4.69) is 0 Å². The van der Waals surface area contributed by atoms with Gasteiger partial charge in [0, 0.05) is 45.2 Å². The van der Waals surface area contributed by atoms with Crippen molar-refractivity contribution in [2.24, 2.45) is 0 Å². The minimum Gasteiger partial charge on any atom is -0.466 e. The number of furan rings is 1. The van der Waals surface area contributed by atoms with Crippen molar-refractivity contribution in [3.05, 3.63) is 22.6 Å². The summed E-state index contributed by atoms with van der Waals surface area (Å²) in [7, 11) is 1.72. The van der Waals surface area contributed by atoms with Crippen molar-refractivity contribution >= 4 is 5.91 Å². The Labute approximate surface area is 119 Å². The van der Waals surface area contributed by atoms with Crippen LogP contribution in [-0.4, -0.2) is 48.3 Å². The molecule has 1 saturated heterocycles. The normalized spacial score (nSPS) is 18.1. The van der Waals surface area contributed by atoms with Crippen LogP contribution in [0.3, 0.4) is 0 Å². The third kappa shape index (κ3) is 2.88. The molecule has 5 nitrogen and oxygen atoms in total. The van der Waals surface area contributed by atoms with Gasteiger partial charge in [0.1, 0.15) is 11.5 Å². The van der Waals surface area contributed by atoms with E-state index >= 15 is 0 Å². The number of nitrogens with zero attached hydrogens (tertiary/aromatic N) is 1. The summed E-state index contributed by atoms with van der Waals surface area (Å²) in [6.45, 7) is 6.94. The van der Waals surface area contributed by atoms with E-state index in [0.717, 1.165) is 11.3 Å². The molecule has 1 N–H and O–H groups in total. The number of hydrogen-bond donors (Lipinski definition) is 1. The van der Waals surface area contributed by atoms with Crippen LogP contribution >= 0.6 is 0 Å². The fourth-order valence-corrected chi connectivity index (χ4v) is 2.72. The first-order chi connectivity index (χ1) is 9.34. The monoisotopic (exact) mass is 281 g/mol. The molecule has 112 valence electrons. The van der Waals surface area contributed by atoms with Crippen LogP contribution in [0.2, 0.25) is 0 Å². The van der Waals surface area contributed by atoms with Crippen molar-refractivity contribution in [2.75, 3.05) is 26.8 Å². The van der Waals surface area contributed by atoms with Gasteiger partial charge in [-0.1, -0.05) is 0 Å². The Kier molecular flexibility index (Phi) is 4.20. The fraction of sp³-hybridized carbons (Fsp3) is 0.667. The Morgan fingerprint density at radius 1 is 1.25 bits per heavy atom. The number of likely N-dealkylation sites (N-methyl/N-ethyl adjacent to an activating group) is 1. The Hall–Kier alpha value is -1.33. The molecule has 1 fully saturated rings. The van der Waals surface area contributed by atoms with Crippen LogP contribution in [0.4, 0.5) is 0 Å². The summed E-state index contributed by atoms with van der Waals surface area (Å²) in [6.07, 6.45) is 1.12. The summed E-state index contributed by atoms with van der Waals surface area (Å²) in [5.41, 5.74) is 0.641. The van der Waals surface area contributed by atoms with Gasteiger partial charge in [0.05, 0.1) is 11.2 Å². The van der Waals surface area contributed by atoms with Crippen LogP contribution in [-0.2, 0) is 4.74 Å². The molecule has 0 spiro atoms. The van der Waals surface area contributed by atoms with Crippen molar-refractivity contribution in [3.63, 3.8) is 0 Å². The van der Waals surface area contributed by atoms with Crippen molar-refractivity contribution in [1.82, 2.24) is 4.90 Å². The first-order valence-electron chi connectivity index (χ1n) is 6.96. The number of hydrogen-bond acceptors (Lipinski definition) is 4. The lowest BCUT2D eigenvalue weighted by atomic mass is 9.93. The van der Waals surface area contributed by atoms with Crippen LogP contribution in [0.5, 0.6) is 0 Å². The van der Waals surface area contributed by atoms with Gasteiger partial charge in [-0.05, 0) is 20.8 Å². The Bertz CT molecular complexity index is 500. The quantitative estimate of drug-likeness (QED) is 0.918. The highest BCUT2D eigenvalue weighted by Gasteiger charge is 2.33. The molecule has 1 aromatic heterocycles. The summed E-state index contributed by atoms with van der Waals surface area (Å²) in [6, 6.07) is 0. The minimum absolute atomic E-state index is 0.100. The molecular weight excluding hydrogens is 258 g/mol. The lowest BCUT2D eigenvalue weighted by Crippen LogP contribution is -2.47. The maximum Gasteiger partial charge on any atom is 0.257 e. The molecule has 0 atom stereocenters. The lowest BCUT2D eigenvalue weighted by Gasteiger charge is -2.35. The zero-order chi connectivity index (χ0) is 14.9. The Morgan fingerprint density at radius 2 is 1.85 bits per heavy atom. The zero-order valence-electron chi connectivity index (χ0n) is 12.7. The predicted molar refractivity (Wildman–Crippen MR) is 74.9 cm³/mol. The zero-order valence-corrected chi connectivity index (χ0v) is 12.7. The molecule has 2 rings (SSSR count). The van der Waals surface area contributed by atoms with E-state index < -0.39 is 5.60 Å². The highest BCUT2D eigenvalue weighted by molar-refractivity contribution is 5.96. The topological polar surface area (TPSA) is 62.9 Å². The first kappa shape index (κ1) is 15.1. The summed E-state index contributed by atoms with van der Waals surface area (Å²) in [5, 5.41) is 10.5. The van der Waals surface area contributed by atoms with E-state index in [-0.39, 0.29) is 5.91 Å². The van der Waals surface area contributed by atoms with Gasteiger partial charge in [0.15, 0.2) is 0 Å². The van der Waals surface area contributed by atoms with Crippen LogP contribution < -0.4 is 0 Å². The van der Waals surface area contributed by atoms with Gasteiger partial charge in [0.25, 0.3) is 5.91 Å². The average molecular weight is 281 g/mol. The van der Waals surface area contributed by atoms with E-state index in [1.165, 1.54) is 0 Å². The number of carbonyl (C=O) groups is 1. The number of aliphatic hydroxyl groups is 1. The van der Waals surface area contributed by atoms with Gasteiger partial charge in [-0.3, -0.25) is 4.79 Å². The molecule has 0 saturated carbocycles. The summed E-state index contributed by atoms with van der Waals surface area (Å²) in [5.74, 6) is 1.30. The lowest BCUT2D eigenvalue weighted by molar-refractivity contribution is -0.0734. The molecule has 1 amide bonds. The van der Waals surface area contributed by atoms with Crippen molar-refractivity contribution in [1.29, 1.82) is 0 Å². The second-order valence-electron chi connectivity index (χ2n) is 5.71. The number of amides is 1. The molecule has 0 radical (unpaired) electrons. The van der Waals surface area contributed by atoms with E-state index in [0.29, 0.717) is 43.9 Å². The second-order valence-corrected chi connectivity index (χ2v) is 5.71. The smallest absolute Gasteiger partial charge is 0.257 e. The number of ether oxygens (including phenoxy) is 1. The van der Waals surface area contributed by atoms with E-state index in [4.69, 9.17) is 9.15 Å². The molecule has 5 heteroatoms. The molecule has 2 heterocycles. The minimum atomic E-state index is -0.844. The van der Waals surface area contributed by atoms with Crippen LogP contribution in [0, 0.1) is 20.8 Å². The molecule has 0 bridgehead atoms. The standard InChI is InChI=1S/C15H23NO4/c1-10-11(2)20-12(3)13(10)14(17)16(4)9-15(18)5-7-19-8-6-15/h18H,5-9H2,1-4H3. The third-order valence-electron chi connectivity index (χ3n) is 4.08. The highest BCUT2D eigenvalue weighted by atomic mass is 16.5. The third-order valence-corrected chi connectivity index (χ3v) is 4.08. The predicted octanol–water partition coefficient (Wildman–Crippen LogP) is 1.82. The van der Waals surface area contributed by atoms with Crippen LogP contribution in [0.15, 0.2) is 4.42 Å². The molecule has 0 unspecified atom stereocenters. The number of aryl methyl sites for hydroxylation is 2.